The molecule has 0 saturated heterocycles. The lowest BCUT2D eigenvalue weighted by Gasteiger charge is -2.09. The number of hydrogen-bond acceptors (Lipinski definition) is 5. The number of aryl methyl sites for hydroxylation is 1. The molecule has 148 valence electrons. The molecule has 2 heterocycles. The van der Waals surface area contributed by atoms with E-state index in [9.17, 15) is 8.42 Å². The number of pyridine rings is 1. The molecule has 0 aliphatic heterocycles. The first-order chi connectivity index (χ1) is 14.1. The van der Waals surface area contributed by atoms with Crippen LogP contribution in [0, 0.1) is 0 Å². The van der Waals surface area contributed by atoms with Crippen molar-refractivity contribution in [3.05, 3.63) is 78.4 Å². The molecule has 0 atom stereocenters. The minimum Gasteiger partial charge on any atom is -0.264 e. The second kappa shape index (κ2) is 8.13. The van der Waals surface area contributed by atoms with Crippen molar-refractivity contribution < 1.29 is 8.42 Å². The van der Waals surface area contributed by atoms with Gasteiger partial charge in [-0.15, -0.1) is 5.10 Å². The number of benzene rings is 2. The lowest BCUT2D eigenvalue weighted by molar-refractivity contribution is 0.595. The summed E-state index contributed by atoms with van der Waals surface area (Å²) in [5, 5.41) is 10.2. The topological polar surface area (TPSA) is 77.7 Å². The van der Waals surface area contributed by atoms with Gasteiger partial charge in [-0.3, -0.25) is 4.98 Å². The molecular formula is C22H22N4O2S. The standard InChI is InChI=1S/C22H22N4O2S/c1-2-3-8-19-15-26(25-24-19)20-9-5-10-21(13-20)29(27,28)16-18-7-4-6-17-14-23-12-11-22(17)18/h4-7,9-15H,2-3,8,16H2,1H3. The van der Waals surface area contributed by atoms with Gasteiger partial charge in [0.1, 0.15) is 0 Å². The molecule has 2 aromatic carbocycles. The summed E-state index contributed by atoms with van der Waals surface area (Å²) < 4.78 is 27.9. The number of hydrogen-bond donors (Lipinski definition) is 0. The zero-order valence-corrected chi connectivity index (χ0v) is 17.0. The first-order valence-corrected chi connectivity index (χ1v) is 11.3. The summed E-state index contributed by atoms with van der Waals surface area (Å²) in [5.74, 6) is -0.0725. The molecule has 0 fully saturated rings. The Hall–Kier alpha value is -3.06. The molecule has 0 N–H and O–H groups in total. The quantitative estimate of drug-likeness (QED) is 0.461. The molecule has 7 heteroatoms. The van der Waals surface area contributed by atoms with E-state index in [0.717, 1.165) is 41.3 Å². The van der Waals surface area contributed by atoms with Gasteiger partial charge in [0.25, 0.3) is 0 Å². The molecule has 0 radical (unpaired) electrons. The van der Waals surface area contributed by atoms with Crippen LogP contribution in [0.1, 0.15) is 31.0 Å². The zero-order valence-electron chi connectivity index (χ0n) is 16.2. The minimum atomic E-state index is -3.52. The molecule has 2 aromatic heterocycles. The smallest absolute Gasteiger partial charge is 0.182 e. The molecule has 4 rings (SSSR count). The summed E-state index contributed by atoms with van der Waals surface area (Å²) in [6, 6.07) is 14.3. The average molecular weight is 407 g/mol. The van der Waals surface area contributed by atoms with E-state index in [0.29, 0.717) is 5.69 Å². The van der Waals surface area contributed by atoms with E-state index in [4.69, 9.17) is 0 Å². The van der Waals surface area contributed by atoms with Crippen LogP contribution in [0.3, 0.4) is 0 Å². The summed E-state index contributed by atoms with van der Waals surface area (Å²) in [7, 11) is -3.52. The van der Waals surface area contributed by atoms with E-state index in [1.54, 1.807) is 35.3 Å². The number of sulfone groups is 1. The SMILES string of the molecule is CCCCc1cn(-c2cccc(S(=O)(=O)Cc3cccc4cnccc34)c2)nn1. The van der Waals surface area contributed by atoms with Crippen LogP contribution in [-0.4, -0.2) is 28.4 Å². The highest BCUT2D eigenvalue weighted by atomic mass is 32.2. The first kappa shape index (κ1) is 19.3. The van der Waals surface area contributed by atoms with Gasteiger partial charge < -0.3 is 0 Å². The van der Waals surface area contributed by atoms with Crippen molar-refractivity contribution in [1.29, 1.82) is 0 Å². The molecule has 0 aliphatic carbocycles. The second-order valence-corrected chi connectivity index (χ2v) is 9.02. The van der Waals surface area contributed by atoms with Gasteiger partial charge in [0.2, 0.25) is 0 Å². The number of aromatic nitrogens is 4. The Bertz CT molecular complexity index is 1240. The average Bonchev–Trinajstić information content (AvgIpc) is 3.21. The van der Waals surface area contributed by atoms with Crippen molar-refractivity contribution in [3.63, 3.8) is 0 Å². The summed E-state index contributed by atoms with van der Waals surface area (Å²) in [5.41, 5.74) is 2.35. The third kappa shape index (κ3) is 4.19. The number of rotatable bonds is 7. The fourth-order valence-electron chi connectivity index (χ4n) is 3.32. The predicted molar refractivity (Wildman–Crippen MR) is 113 cm³/mol. The van der Waals surface area contributed by atoms with Gasteiger partial charge in [0.05, 0.1) is 28.2 Å². The predicted octanol–water partition coefficient (Wildman–Crippen LogP) is 4.13. The molecule has 0 unspecified atom stereocenters. The van der Waals surface area contributed by atoms with E-state index in [2.05, 4.69) is 22.2 Å². The Morgan fingerprint density at radius 2 is 1.93 bits per heavy atom. The maximum Gasteiger partial charge on any atom is 0.182 e. The maximum atomic E-state index is 13.1. The molecule has 0 bridgehead atoms. The normalized spacial score (nSPS) is 11.8. The largest absolute Gasteiger partial charge is 0.264 e. The van der Waals surface area contributed by atoms with Gasteiger partial charge in [0, 0.05) is 17.8 Å². The lowest BCUT2D eigenvalue weighted by Crippen LogP contribution is -2.07. The fourth-order valence-corrected chi connectivity index (χ4v) is 4.73. The summed E-state index contributed by atoms with van der Waals surface area (Å²) in [4.78, 5) is 4.38. The molecule has 6 nitrogen and oxygen atoms in total. The molecule has 4 aromatic rings. The molecule has 29 heavy (non-hydrogen) atoms. The molecule has 0 spiro atoms. The highest BCUT2D eigenvalue weighted by molar-refractivity contribution is 7.90. The zero-order chi connectivity index (χ0) is 20.3. The van der Waals surface area contributed by atoms with Crippen LogP contribution < -0.4 is 0 Å². The Morgan fingerprint density at radius 3 is 2.79 bits per heavy atom. The van der Waals surface area contributed by atoms with Crippen LogP contribution in [0.2, 0.25) is 0 Å². The van der Waals surface area contributed by atoms with Crippen LogP contribution >= 0.6 is 0 Å². The Balaban J connectivity index is 1.64. The van der Waals surface area contributed by atoms with Crippen molar-refractivity contribution in [2.45, 2.75) is 36.8 Å². The molecular weight excluding hydrogens is 384 g/mol. The Kier molecular flexibility index (Phi) is 5.40. The van der Waals surface area contributed by atoms with E-state index >= 15 is 0 Å². The van der Waals surface area contributed by atoms with Gasteiger partial charge in [-0.2, -0.15) is 0 Å². The second-order valence-electron chi connectivity index (χ2n) is 7.03. The summed E-state index contributed by atoms with van der Waals surface area (Å²) in [6.07, 6.45) is 8.29. The maximum absolute atomic E-state index is 13.1. The van der Waals surface area contributed by atoms with E-state index in [-0.39, 0.29) is 10.6 Å². The first-order valence-electron chi connectivity index (χ1n) is 9.63. The van der Waals surface area contributed by atoms with Crippen LogP contribution in [0.15, 0.2) is 72.0 Å². The van der Waals surface area contributed by atoms with Gasteiger partial charge in [0.15, 0.2) is 9.84 Å². The van der Waals surface area contributed by atoms with Crippen LogP contribution in [0.5, 0.6) is 0 Å². The Morgan fingerprint density at radius 1 is 1.07 bits per heavy atom. The highest BCUT2D eigenvalue weighted by Gasteiger charge is 2.18. The van der Waals surface area contributed by atoms with Crippen molar-refractivity contribution in [1.82, 2.24) is 20.0 Å². The molecule has 0 amide bonds. The monoisotopic (exact) mass is 406 g/mol. The van der Waals surface area contributed by atoms with E-state index < -0.39 is 9.84 Å². The van der Waals surface area contributed by atoms with Crippen molar-refractivity contribution >= 4 is 20.6 Å². The highest BCUT2D eigenvalue weighted by Crippen LogP contribution is 2.24. The van der Waals surface area contributed by atoms with Crippen molar-refractivity contribution in [2.75, 3.05) is 0 Å². The fraction of sp³-hybridized carbons (Fsp3) is 0.227. The minimum absolute atomic E-state index is 0.0725. The number of unbranched alkanes of at least 4 members (excludes halogenated alkanes) is 1. The lowest BCUT2D eigenvalue weighted by atomic mass is 10.1. The van der Waals surface area contributed by atoms with Crippen LogP contribution in [0.25, 0.3) is 16.5 Å². The Labute approximate surface area is 170 Å². The number of nitrogens with zero attached hydrogens (tertiary/aromatic N) is 4. The van der Waals surface area contributed by atoms with Gasteiger partial charge in [-0.25, -0.2) is 13.1 Å². The number of fused-ring (bicyclic) bond motifs is 1. The van der Waals surface area contributed by atoms with Gasteiger partial charge in [-0.1, -0.05) is 42.8 Å². The van der Waals surface area contributed by atoms with Crippen LogP contribution in [-0.2, 0) is 22.0 Å². The van der Waals surface area contributed by atoms with Crippen LogP contribution in [0.4, 0.5) is 0 Å². The van der Waals surface area contributed by atoms with Crippen molar-refractivity contribution in [3.8, 4) is 5.69 Å². The van der Waals surface area contributed by atoms with Gasteiger partial charge >= 0.3 is 0 Å². The van der Waals surface area contributed by atoms with Gasteiger partial charge in [-0.05, 0) is 48.1 Å². The van der Waals surface area contributed by atoms with E-state index in [1.165, 1.54) is 0 Å². The van der Waals surface area contributed by atoms with E-state index in [1.807, 2.05) is 36.5 Å². The van der Waals surface area contributed by atoms with Crippen molar-refractivity contribution in [2.24, 2.45) is 0 Å². The molecule has 0 aliphatic rings. The third-order valence-corrected chi connectivity index (χ3v) is 6.55. The summed E-state index contributed by atoms with van der Waals surface area (Å²) in [6.45, 7) is 2.13. The summed E-state index contributed by atoms with van der Waals surface area (Å²) >= 11 is 0. The third-order valence-electron chi connectivity index (χ3n) is 4.89. The molecule has 0 saturated carbocycles.